The van der Waals surface area contributed by atoms with Gasteiger partial charge in [-0.25, -0.2) is 4.79 Å². The second-order valence-electron chi connectivity index (χ2n) is 10.2. The molecule has 10 nitrogen and oxygen atoms in total. The number of nitrogens with zero attached hydrogens (tertiary/aromatic N) is 4. The Hall–Kier alpha value is -2.52. The molecule has 2 aliphatic rings. The molecule has 1 saturated carbocycles. The van der Waals surface area contributed by atoms with E-state index in [1.54, 1.807) is 20.8 Å². The Bertz CT molecular complexity index is 801. The predicted molar refractivity (Wildman–Crippen MR) is 107 cm³/mol. The molecule has 0 radical (unpaired) electrons. The van der Waals surface area contributed by atoms with E-state index < -0.39 is 22.8 Å². The van der Waals surface area contributed by atoms with E-state index in [0.29, 0.717) is 25.2 Å². The van der Waals surface area contributed by atoms with Crippen molar-refractivity contribution in [1.29, 1.82) is 0 Å². The van der Waals surface area contributed by atoms with Crippen LogP contribution in [0, 0.1) is 22.7 Å². The van der Waals surface area contributed by atoms with E-state index in [9.17, 15) is 19.5 Å². The van der Waals surface area contributed by atoms with Crippen molar-refractivity contribution in [1.82, 2.24) is 30.8 Å². The number of carbonyl (C=O) groups excluding carboxylic acids is 2. The molecule has 1 aliphatic heterocycles. The van der Waals surface area contributed by atoms with Gasteiger partial charge in [0.25, 0.3) is 0 Å². The van der Waals surface area contributed by atoms with E-state index in [1.807, 2.05) is 18.7 Å². The lowest BCUT2D eigenvalue weighted by Crippen LogP contribution is -2.47. The summed E-state index contributed by atoms with van der Waals surface area (Å²) in [5.41, 5.74) is -1.31. The number of carbonyl (C=O) groups is 3. The molecule has 0 aromatic carbocycles. The van der Waals surface area contributed by atoms with Gasteiger partial charge in [-0.05, 0) is 37.5 Å². The summed E-state index contributed by atoms with van der Waals surface area (Å²) >= 11 is 0. The molecule has 0 spiro atoms. The number of aromatic amines is 1. The first-order chi connectivity index (χ1) is 13.9. The molecule has 3 N–H and O–H groups in total. The SMILES string of the molecule is CC(C)(C)C(=O)N[C@H](C(=O)O)C1CC1CC(C)(C)C(=O)N1CCC[C@H]1c1nn[nH]n1. The normalized spacial score (nSPS) is 25.1. The number of carboxylic acid groups (broad SMARTS) is 1. The molecular formula is C20H32N6O4. The van der Waals surface area contributed by atoms with Crippen LogP contribution in [0.2, 0.25) is 0 Å². The largest absolute Gasteiger partial charge is 0.480 e. The van der Waals surface area contributed by atoms with Crippen LogP contribution in [0.4, 0.5) is 0 Å². The summed E-state index contributed by atoms with van der Waals surface area (Å²) in [6.07, 6.45) is 2.94. The number of amides is 2. The molecule has 2 unspecified atom stereocenters. The van der Waals surface area contributed by atoms with Crippen molar-refractivity contribution in [2.45, 2.75) is 72.4 Å². The van der Waals surface area contributed by atoms with Crippen molar-refractivity contribution in [2.24, 2.45) is 22.7 Å². The summed E-state index contributed by atoms with van der Waals surface area (Å²) < 4.78 is 0. The van der Waals surface area contributed by atoms with Gasteiger partial charge < -0.3 is 15.3 Å². The van der Waals surface area contributed by atoms with Crippen molar-refractivity contribution in [3.8, 4) is 0 Å². The maximum absolute atomic E-state index is 13.3. The van der Waals surface area contributed by atoms with E-state index in [0.717, 1.165) is 12.8 Å². The van der Waals surface area contributed by atoms with Crippen LogP contribution in [0.15, 0.2) is 0 Å². The van der Waals surface area contributed by atoms with Crippen molar-refractivity contribution < 1.29 is 19.5 Å². The third-order valence-corrected chi connectivity index (χ3v) is 6.16. The van der Waals surface area contributed by atoms with Crippen LogP contribution >= 0.6 is 0 Å². The van der Waals surface area contributed by atoms with Crippen molar-refractivity contribution in [3.63, 3.8) is 0 Å². The molecule has 2 heterocycles. The Morgan fingerprint density at radius 2 is 1.97 bits per heavy atom. The van der Waals surface area contributed by atoms with E-state index >= 15 is 0 Å². The van der Waals surface area contributed by atoms with Crippen LogP contribution in [0.25, 0.3) is 0 Å². The molecule has 166 valence electrons. The quantitative estimate of drug-likeness (QED) is 0.607. The number of likely N-dealkylation sites (tertiary alicyclic amines) is 1. The fourth-order valence-corrected chi connectivity index (χ4v) is 4.34. The molecule has 1 aromatic rings. The van der Waals surface area contributed by atoms with Crippen LogP contribution in [-0.4, -0.2) is 61.0 Å². The summed E-state index contributed by atoms with van der Waals surface area (Å²) in [6.45, 7) is 9.71. The van der Waals surface area contributed by atoms with Gasteiger partial charge in [0.2, 0.25) is 11.8 Å². The topological polar surface area (TPSA) is 141 Å². The van der Waals surface area contributed by atoms with Crippen LogP contribution in [-0.2, 0) is 14.4 Å². The zero-order chi connectivity index (χ0) is 22.3. The van der Waals surface area contributed by atoms with Gasteiger partial charge in [-0.3, -0.25) is 9.59 Å². The molecule has 1 aromatic heterocycles. The first kappa shape index (κ1) is 22.2. The second kappa shape index (κ2) is 7.96. The number of hydrogen-bond acceptors (Lipinski definition) is 6. The predicted octanol–water partition coefficient (Wildman–Crippen LogP) is 1.53. The third-order valence-electron chi connectivity index (χ3n) is 6.16. The Morgan fingerprint density at radius 3 is 2.53 bits per heavy atom. The standard InChI is InChI=1S/C20H32N6O4/c1-19(2,3)17(29)21-14(16(27)28)12-9-11(12)10-20(4,5)18(30)26-8-6-7-13(26)15-22-24-25-23-15/h11-14H,6-10H2,1-5H3,(H,21,29)(H,27,28)(H,22,23,24,25)/t11?,12?,13-,14-/m0/s1. The molecule has 10 heteroatoms. The zero-order valence-corrected chi connectivity index (χ0v) is 18.3. The maximum Gasteiger partial charge on any atom is 0.326 e. The number of carboxylic acids is 1. The minimum absolute atomic E-state index is 0.0195. The summed E-state index contributed by atoms with van der Waals surface area (Å²) in [5.74, 6) is -0.844. The van der Waals surface area contributed by atoms with Gasteiger partial charge in [-0.1, -0.05) is 39.8 Å². The molecule has 3 rings (SSSR count). The van der Waals surface area contributed by atoms with E-state index in [4.69, 9.17) is 0 Å². The lowest BCUT2D eigenvalue weighted by Gasteiger charge is -2.32. The highest BCUT2D eigenvalue weighted by molar-refractivity contribution is 5.87. The van der Waals surface area contributed by atoms with Gasteiger partial charge in [-0.15, -0.1) is 10.2 Å². The fourth-order valence-electron chi connectivity index (χ4n) is 4.34. The zero-order valence-electron chi connectivity index (χ0n) is 18.3. The smallest absolute Gasteiger partial charge is 0.326 e. The number of H-pyrrole nitrogens is 1. The number of rotatable bonds is 7. The monoisotopic (exact) mass is 420 g/mol. The lowest BCUT2D eigenvalue weighted by atomic mass is 9.84. The van der Waals surface area contributed by atoms with Crippen LogP contribution < -0.4 is 5.32 Å². The molecule has 2 amide bonds. The van der Waals surface area contributed by atoms with Crippen LogP contribution in [0.3, 0.4) is 0 Å². The molecule has 2 fully saturated rings. The van der Waals surface area contributed by atoms with Crippen LogP contribution in [0.1, 0.15) is 72.2 Å². The van der Waals surface area contributed by atoms with E-state index in [-0.39, 0.29) is 29.7 Å². The molecule has 4 atom stereocenters. The maximum atomic E-state index is 13.3. The number of aromatic nitrogens is 4. The van der Waals surface area contributed by atoms with E-state index in [2.05, 4.69) is 25.9 Å². The fraction of sp³-hybridized carbons (Fsp3) is 0.800. The van der Waals surface area contributed by atoms with Gasteiger partial charge in [0.15, 0.2) is 5.82 Å². The van der Waals surface area contributed by atoms with Gasteiger partial charge in [-0.2, -0.15) is 5.21 Å². The Kier molecular flexibility index (Phi) is 5.88. The van der Waals surface area contributed by atoms with Gasteiger partial charge >= 0.3 is 5.97 Å². The average molecular weight is 421 g/mol. The Balaban J connectivity index is 1.63. The summed E-state index contributed by atoms with van der Waals surface area (Å²) in [4.78, 5) is 39.2. The van der Waals surface area contributed by atoms with Crippen LogP contribution in [0.5, 0.6) is 0 Å². The highest BCUT2D eigenvalue weighted by Crippen LogP contribution is 2.49. The number of tetrazole rings is 1. The van der Waals surface area contributed by atoms with Crippen molar-refractivity contribution in [3.05, 3.63) is 5.82 Å². The minimum atomic E-state index is -1.03. The van der Waals surface area contributed by atoms with Gasteiger partial charge in [0.1, 0.15) is 6.04 Å². The summed E-state index contributed by atoms with van der Waals surface area (Å²) in [6, 6.07) is -1.10. The molecule has 1 aliphatic carbocycles. The third kappa shape index (κ3) is 4.62. The Morgan fingerprint density at radius 1 is 1.27 bits per heavy atom. The highest BCUT2D eigenvalue weighted by Gasteiger charge is 2.51. The first-order valence-electron chi connectivity index (χ1n) is 10.5. The average Bonchev–Trinajstić information content (AvgIpc) is 3.06. The minimum Gasteiger partial charge on any atom is -0.480 e. The first-order valence-corrected chi connectivity index (χ1v) is 10.5. The molecule has 30 heavy (non-hydrogen) atoms. The summed E-state index contributed by atoms with van der Waals surface area (Å²) in [7, 11) is 0. The molecule has 1 saturated heterocycles. The molecule has 0 bridgehead atoms. The highest BCUT2D eigenvalue weighted by atomic mass is 16.4. The number of hydrogen-bond donors (Lipinski definition) is 3. The summed E-state index contributed by atoms with van der Waals surface area (Å²) in [5, 5.41) is 26.4. The van der Waals surface area contributed by atoms with Gasteiger partial charge in [0, 0.05) is 17.4 Å². The van der Waals surface area contributed by atoms with Gasteiger partial charge in [0.05, 0.1) is 6.04 Å². The van der Waals surface area contributed by atoms with E-state index in [1.165, 1.54) is 0 Å². The Labute approximate surface area is 176 Å². The lowest BCUT2D eigenvalue weighted by molar-refractivity contribution is -0.144. The molecular weight excluding hydrogens is 388 g/mol. The number of aliphatic carboxylic acids is 1. The van der Waals surface area contributed by atoms with Crippen molar-refractivity contribution >= 4 is 17.8 Å². The second-order valence-corrected chi connectivity index (χ2v) is 10.2. The van der Waals surface area contributed by atoms with Crippen molar-refractivity contribution in [2.75, 3.05) is 6.54 Å². The number of nitrogens with one attached hydrogen (secondary N) is 2.